The van der Waals surface area contributed by atoms with Crippen LogP contribution in [0.1, 0.15) is 17.8 Å². The largest absolute Gasteiger partial charge is 0.337 e. The van der Waals surface area contributed by atoms with Gasteiger partial charge in [0.25, 0.3) is 5.56 Å². The second-order valence-corrected chi connectivity index (χ2v) is 7.45. The van der Waals surface area contributed by atoms with Crippen molar-refractivity contribution in [3.63, 3.8) is 0 Å². The lowest BCUT2D eigenvalue weighted by atomic mass is 10.2. The minimum atomic E-state index is -0.549. The van der Waals surface area contributed by atoms with E-state index in [1.807, 2.05) is 19.0 Å². The number of likely N-dealkylation sites (N-methyl/N-ethyl adjacent to an activating group) is 1. The van der Waals surface area contributed by atoms with Gasteiger partial charge in [-0.2, -0.15) is 0 Å². The summed E-state index contributed by atoms with van der Waals surface area (Å²) in [4.78, 5) is 49.6. The second-order valence-electron chi connectivity index (χ2n) is 7.45. The first-order chi connectivity index (χ1) is 14.2. The highest BCUT2D eigenvalue weighted by atomic mass is 19.1. The van der Waals surface area contributed by atoms with E-state index in [4.69, 9.17) is 0 Å². The third kappa shape index (κ3) is 5.01. The van der Waals surface area contributed by atoms with E-state index in [-0.39, 0.29) is 35.7 Å². The molecular weight excluding hydrogens is 391 g/mol. The normalized spacial score (nSPS) is 11.4. The van der Waals surface area contributed by atoms with E-state index < -0.39 is 11.2 Å². The van der Waals surface area contributed by atoms with Gasteiger partial charge in [0.1, 0.15) is 17.2 Å². The molecule has 0 bridgehead atoms. The molecule has 2 N–H and O–H groups in total. The molecule has 1 aromatic carbocycles. The summed E-state index contributed by atoms with van der Waals surface area (Å²) in [7, 11) is 5.35. The number of aromatic amines is 2. The van der Waals surface area contributed by atoms with Crippen LogP contribution in [0.15, 0.2) is 33.9 Å². The number of rotatable bonds is 8. The highest BCUT2D eigenvalue weighted by Crippen LogP contribution is 2.11. The number of nitrogens with one attached hydrogen (secondary N) is 2. The van der Waals surface area contributed by atoms with E-state index in [2.05, 4.69) is 15.0 Å². The van der Waals surface area contributed by atoms with Crippen molar-refractivity contribution in [1.82, 2.24) is 29.3 Å². The smallest absolute Gasteiger partial charge is 0.329 e. The summed E-state index contributed by atoms with van der Waals surface area (Å²) in [6.07, 6.45) is 0.442. The Morgan fingerprint density at radius 3 is 2.67 bits per heavy atom. The van der Waals surface area contributed by atoms with Crippen molar-refractivity contribution >= 4 is 17.1 Å². The molecule has 0 atom stereocenters. The van der Waals surface area contributed by atoms with Crippen LogP contribution >= 0.6 is 0 Å². The van der Waals surface area contributed by atoms with Crippen LogP contribution in [0.5, 0.6) is 0 Å². The molecule has 0 aliphatic carbocycles. The first-order valence-electron chi connectivity index (χ1n) is 9.59. The van der Waals surface area contributed by atoms with E-state index in [0.29, 0.717) is 31.0 Å². The fourth-order valence-electron chi connectivity index (χ4n) is 3.12. The molecule has 2 heterocycles. The van der Waals surface area contributed by atoms with Crippen molar-refractivity contribution in [2.45, 2.75) is 19.4 Å². The molecule has 160 valence electrons. The Kier molecular flexibility index (Phi) is 6.46. The van der Waals surface area contributed by atoms with Crippen LogP contribution in [-0.4, -0.2) is 62.4 Å². The van der Waals surface area contributed by atoms with Crippen LogP contribution < -0.4 is 11.2 Å². The number of hydrogen-bond acceptors (Lipinski definition) is 5. The molecule has 3 aromatic rings. The summed E-state index contributed by atoms with van der Waals surface area (Å²) in [5, 5.41) is 0. The molecule has 3 rings (SSSR count). The Morgan fingerprint density at radius 2 is 1.97 bits per heavy atom. The number of benzene rings is 1. The number of H-pyrrole nitrogens is 2. The van der Waals surface area contributed by atoms with Gasteiger partial charge in [0.05, 0.1) is 0 Å². The van der Waals surface area contributed by atoms with Crippen molar-refractivity contribution in [3.05, 3.63) is 62.3 Å². The topological polar surface area (TPSA) is 107 Å². The average Bonchev–Trinajstić information content (AvgIpc) is 3.12. The number of imidazole rings is 1. The van der Waals surface area contributed by atoms with Gasteiger partial charge in [-0.15, -0.1) is 0 Å². The first kappa shape index (κ1) is 21.4. The fraction of sp³-hybridized carbons (Fsp3) is 0.400. The van der Waals surface area contributed by atoms with E-state index in [9.17, 15) is 18.8 Å². The van der Waals surface area contributed by atoms with Gasteiger partial charge >= 0.3 is 5.69 Å². The maximum absolute atomic E-state index is 13.5. The van der Waals surface area contributed by atoms with E-state index >= 15 is 0 Å². The highest BCUT2D eigenvalue weighted by molar-refractivity contribution is 5.76. The van der Waals surface area contributed by atoms with Crippen LogP contribution in [0, 0.1) is 5.82 Å². The first-order valence-corrected chi connectivity index (χ1v) is 9.59. The average molecular weight is 416 g/mol. The molecule has 0 radical (unpaired) electrons. The van der Waals surface area contributed by atoms with Crippen molar-refractivity contribution in [2.75, 3.05) is 27.2 Å². The Morgan fingerprint density at radius 1 is 1.20 bits per heavy atom. The predicted molar refractivity (Wildman–Crippen MR) is 111 cm³/mol. The molecular formula is C20H25FN6O3. The van der Waals surface area contributed by atoms with Gasteiger partial charge in [0.2, 0.25) is 5.91 Å². The van der Waals surface area contributed by atoms with Gasteiger partial charge in [-0.3, -0.25) is 19.1 Å². The quantitative estimate of drug-likeness (QED) is 0.560. The molecule has 30 heavy (non-hydrogen) atoms. The molecule has 0 unspecified atom stereocenters. The molecule has 1 amide bonds. The van der Waals surface area contributed by atoms with Gasteiger partial charge in [-0.05, 0) is 31.8 Å². The van der Waals surface area contributed by atoms with Crippen molar-refractivity contribution in [2.24, 2.45) is 7.05 Å². The molecule has 10 heteroatoms. The Balaban J connectivity index is 1.74. The SMILES string of the molecule is CN(C)CCN(Cc1cccc(F)c1)C(=O)CCc1nc2c([nH]1)c(=O)[nH]c(=O)n2C. The summed E-state index contributed by atoms with van der Waals surface area (Å²) in [6.45, 7) is 1.47. The Hall–Kier alpha value is -3.27. The number of aryl methyl sites for hydroxylation is 2. The van der Waals surface area contributed by atoms with Crippen molar-refractivity contribution in [3.8, 4) is 0 Å². The number of amides is 1. The predicted octanol–water partition coefficient (Wildman–Crippen LogP) is 0.612. The van der Waals surface area contributed by atoms with Crippen LogP contribution in [0.3, 0.4) is 0 Å². The molecule has 9 nitrogen and oxygen atoms in total. The number of carbonyl (C=O) groups is 1. The number of hydrogen-bond donors (Lipinski definition) is 2. The van der Waals surface area contributed by atoms with Gasteiger partial charge in [-0.25, -0.2) is 14.2 Å². The summed E-state index contributed by atoms with van der Waals surface area (Å²) < 4.78 is 14.8. The van der Waals surface area contributed by atoms with Crippen molar-refractivity contribution in [1.29, 1.82) is 0 Å². The third-order valence-corrected chi connectivity index (χ3v) is 4.81. The van der Waals surface area contributed by atoms with Gasteiger partial charge in [0, 0.05) is 39.5 Å². The van der Waals surface area contributed by atoms with E-state index in [1.165, 1.54) is 23.7 Å². The molecule has 0 saturated heterocycles. The third-order valence-electron chi connectivity index (χ3n) is 4.81. The minimum absolute atomic E-state index is 0.107. The van der Waals surface area contributed by atoms with Gasteiger partial charge < -0.3 is 14.8 Å². The number of halogens is 1. The standard InChI is InChI=1S/C20H25FN6O3/c1-25(2)9-10-27(12-13-5-4-6-14(21)11-13)16(28)8-7-15-22-17-18(23-15)26(3)20(30)24-19(17)29/h4-6,11H,7-10,12H2,1-3H3,(H,22,23)(H,24,29,30). The van der Waals surface area contributed by atoms with Crippen LogP contribution in [0.25, 0.3) is 11.2 Å². The van der Waals surface area contributed by atoms with E-state index in [0.717, 1.165) is 0 Å². The molecule has 0 fully saturated rings. The zero-order chi connectivity index (χ0) is 21.8. The van der Waals surface area contributed by atoms with Gasteiger partial charge in [-0.1, -0.05) is 12.1 Å². The Bertz CT molecular complexity index is 1160. The minimum Gasteiger partial charge on any atom is -0.337 e. The second kappa shape index (κ2) is 9.04. The lowest BCUT2D eigenvalue weighted by Crippen LogP contribution is -2.36. The number of carbonyl (C=O) groups excluding carboxylic acids is 1. The Labute approximate surface area is 172 Å². The lowest BCUT2D eigenvalue weighted by molar-refractivity contribution is -0.132. The van der Waals surface area contributed by atoms with Gasteiger partial charge in [0.15, 0.2) is 5.65 Å². The maximum atomic E-state index is 13.5. The summed E-state index contributed by atoms with van der Waals surface area (Å²) >= 11 is 0. The highest BCUT2D eigenvalue weighted by Gasteiger charge is 2.17. The summed E-state index contributed by atoms with van der Waals surface area (Å²) in [5.74, 6) is -0.00153. The zero-order valence-corrected chi connectivity index (χ0v) is 17.2. The fourth-order valence-corrected chi connectivity index (χ4v) is 3.12. The summed E-state index contributed by atoms with van der Waals surface area (Å²) in [5.41, 5.74) is 0.0649. The number of fused-ring (bicyclic) bond motifs is 1. The maximum Gasteiger partial charge on any atom is 0.329 e. The monoisotopic (exact) mass is 416 g/mol. The van der Waals surface area contributed by atoms with Crippen LogP contribution in [0.4, 0.5) is 4.39 Å². The molecule has 0 saturated carbocycles. The summed E-state index contributed by atoms with van der Waals surface area (Å²) in [6, 6.07) is 6.19. The van der Waals surface area contributed by atoms with Crippen molar-refractivity contribution < 1.29 is 9.18 Å². The molecule has 0 aliphatic rings. The molecule has 0 spiro atoms. The van der Waals surface area contributed by atoms with E-state index in [1.54, 1.807) is 17.0 Å². The number of nitrogens with zero attached hydrogens (tertiary/aromatic N) is 4. The molecule has 0 aliphatic heterocycles. The zero-order valence-electron chi connectivity index (χ0n) is 17.2. The van der Waals surface area contributed by atoms with Crippen LogP contribution in [0.2, 0.25) is 0 Å². The number of aromatic nitrogens is 4. The molecule has 2 aromatic heterocycles. The van der Waals surface area contributed by atoms with Crippen LogP contribution in [-0.2, 0) is 24.8 Å². The lowest BCUT2D eigenvalue weighted by Gasteiger charge is -2.24.